The number of aryl methyl sites for hydroxylation is 1. The summed E-state index contributed by atoms with van der Waals surface area (Å²) >= 11 is 0. The summed E-state index contributed by atoms with van der Waals surface area (Å²) in [7, 11) is 0. The molecule has 2 aromatic rings. The number of ether oxygens (including phenoxy) is 1. The first-order valence-corrected chi connectivity index (χ1v) is 8.31. The third-order valence-electron chi connectivity index (χ3n) is 4.69. The van der Waals surface area contributed by atoms with Crippen LogP contribution in [-0.4, -0.2) is 24.0 Å². The minimum absolute atomic E-state index is 0.170. The number of fused-ring (bicyclic) bond motifs is 1. The van der Waals surface area contributed by atoms with Crippen molar-refractivity contribution in [3.05, 3.63) is 52.7 Å². The number of aromatic hydroxyl groups is 1. The molecule has 0 spiro atoms. The van der Waals surface area contributed by atoms with Gasteiger partial charge in [-0.3, -0.25) is 4.79 Å². The highest BCUT2D eigenvalue weighted by Crippen LogP contribution is 2.39. The lowest BCUT2D eigenvalue weighted by Gasteiger charge is -2.15. The molecule has 2 aliphatic heterocycles. The lowest BCUT2D eigenvalue weighted by molar-refractivity contribution is -0.901. The van der Waals surface area contributed by atoms with Gasteiger partial charge < -0.3 is 19.2 Å². The van der Waals surface area contributed by atoms with E-state index in [9.17, 15) is 9.90 Å². The van der Waals surface area contributed by atoms with Crippen LogP contribution in [0.3, 0.4) is 0 Å². The maximum atomic E-state index is 12.6. The Morgan fingerprint density at radius 3 is 2.71 bits per heavy atom. The maximum Gasteiger partial charge on any atom is 0.232 e. The highest BCUT2D eigenvalue weighted by molar-refractivity contribution is 6.14. The van der Waals surface area contributed by atoms with Crippen molar-refractivity contribution in [1.82, 2.24) is 0 Å². The van der Waals surface area contributed by atoms with Gasteiger partial charge in [0.15, 0.2) is 11.5 Å². The van der Waals surface area contributed by atoms with E-state index in [0.29, 0.717) is 23.6 Å². The number of ketones is 1. The van der Waals surface area contributed by atoms with Crippen LogP contribution in [0.2, 0.25) is 0 Å². The van der Waals surface area contributed by atoms with Crippen molar-refractivity contribution in [2.24, 2.45) is 0 Å². The Bertz CT molecular complexity index is 828. The molecule has 1 aromatic carbocycles. The monoisotopic (exact) mass is 326 g/mol. The van der Waals surface area contributed by atoms with Crippen LogP contribution >= 0.6 is 0 Å². The fraction of sp³-hybridized carbons (Fsp3) is 0.316. The molecular weight excluding hydrogens is 306 g/mol. The molecule has 0 aliphatic carbocycles. The predicted molar refractivity (Wildman–Crippen MR) is 88.1 cm³/mol. The molecule has 0 radical (unpaired) electrons. The summed E-state index contributed by atoms with van der Waals surface area (Å²) in [5.41, 5.74) is 1.23. The van der Waals surface area contributed by atoms with Gasteiger partial charge in [-0.1, -0.05) is 0 Å². The molecule has 0 bridgehead atoms. The minimum atomic E-state index is -0.170. The summed E-state index contributed by atoms with van der Waals surface area (Å²) in [6, 6.07) is 6.86. The van der Waals surface area contributed by atoms with E-state index in [1.807, 2.05) is 13.0 Å². The maximum absolute atomic E-state index is 12.6. The highest BCUT2D eigenvalue weighted by atomic mass is 16.5. The van der Waals surface area contributed by atoms with Crippen LogP contribution in [-0.2, 0) is 6.54 Å². The third-order valence-corrected chi connectivity index (χ3v) is 4.69. The zero-order chi connectivity index (χ0) is 16.7. The molecule has 2 N–H and O–H groups in total. The predicted octanol–water partition coefficient (Wildman–Crippen LogP) is 2.09. The molecule has 0 unspecified atom stereocenters. The molecule has 5 heteroatoms. The summed E-state index contributed by atoms with van der Waals surface area (Å²) in [4.78, 5) is 14.0. The van der Waals surface area contributed by atoms with E-state index in [-0.39, 0.29) is 17.3 Å². The van der Waals surface area contributed by atoms with Crippen molar-refractivity contribution in [1.29, 1.82) is 0 Å². The summed E-state index contributed by atoms with van der Waals surface area (Å²) in [6.07, 6.45) is 4.01. The highest BCUT2D eigenvalue weighted by Gasteiger charge is 2.33. The number of rotatable bonds is 3. The van der Waals surface area contributed by atoms with Crippen molar-refractivity contribution in [2.45, 2.75) is 26.3 Å². The van der Waals surface area contributed by atoms with Gasteiger partial charge in [-0.25, -0.2) is 0 Å². The molecule has 5 nitrogen and oxygen atoms in total. The zero-order valence-electron chi connectivity index (χ0n) is 13.6. The lowest BCUT2D eigenvalue weighted by Crippen LogP contribution is -3.08. The van der Waals surface area contributed by atoms with E-state index in [0.717, 1.165) is 24.4 Å². The first kappa shape index (κ1) is 15.0. The van der Waals surface area contributed by atoms with Crippen molar-refractivity contribution >= 4 is 11.9 Å². The number of hydrogen-bond acceptors (Lipinski definition) is 4. The van der Waals surface area contributed by atoms with E-state index in [1.54, 1.807) is 24.3 Å². The van der Waals surface area contributed by atoms with Crippen LogP contribution in [0.5, 0.6) is 11.5 Å². The van der Waals surface area contributed by atoms with Gasteiger partial charge in [-0.2, -0.15) is 0 Å². The van der Waals surface area contributed by atoms with Gasteiger partial charge in [0.05, 0.1) is 24.2 Å². The molecule has 0 amide bonds. The summed E-state index contributed by atoms with van der Waals surface area (Å²) in [5, 5.41) is 10.3. The number of Topliss-reactive ketones (excluding diaryl/α,β-unsaturated/α-hetero) is 1. The molecule has 0 saturated carbocycles. The summed E-state index contributed by atoms with van der Waals surface area (Å²) in [6.45, 7) is 4.70. The molecule has 4 rings (SSSR count). The lowest BCUT2D eigenvalue weighted by atomic mass is 10.0. The van der Waals surface area contributed by atoms with E-state index >= 15 is 0 Å². The Labute approximate surface area is 140 Å². The Morgan fingerprint density at radius 1 is 1.21 bits per heavy atom. The molecule has 1 fully saturated rings. The second kappa shape index (κ2) is 5.83. The Kier molecular flexibility index (Phi) is 3.65. The molecule has 24 heavy (non-hydrogen) atoms. The fourth-order valence-corrected chi connectivity index (χ4v) is 3.43. The summed E-state index contributed by atoms with van der Waals surface area (Å²) < 4.78 is 11.3. The van der Waals surface area contributed by atoms with Crippen LogP contribution in [0.25, 0.3) is 6.08 Å². The number of carbonyl (C=O) groups excluding carboxylic acids is 1. The van der Waals surface area contributed by atoms with Crippen molar-refractivity contribution in [3.63, 3.8) is 0 Å². The first-order chi connectivity index (χ1) is 11.6. The number of phenols is 1. The SMILES string of the molecule is Cc1ccc(/C=C2/Oc3c(ccc(O)c3C[NH+]3CCCC3)C2=O)o1. The largest absolute Gasteiger partial charge is 0.507 e. The van der Waals surface area contributed by atoms with E-state index in [4.69, 9.17) is 9.15 Å². The average molecular weight is 326 g/mol. The van der Waals surface area contributed by atoms with Crippen LogP contribution in [0, 0.1) is 6.92 Å². The van der Waals surface area contributed by atoms with Crippen LogP contribution in [0.15, 0.2) is 34.4 Å². The molecule has 3 heterocycles. The number of carbonyl (C=O) groups is 1. The Morgan fingerprint density at radius 2 is 2.00 bits per heavy atom. The van der Waals surface area contributed by atoms with E-state index in [2.05, 4.69) is 0 Å². The molecule has 0 atom stereocenters. The quantitative estimate of drug-likeness (QED) is 0.848. The number of phenolic OH excluding ortho intramolecular Hbond substituents is 1. The minimum Gasteiger partial charge on any atom is -0.507 e. The van der Waals surface area contributed by atoms with Gasteiger partial charge in [0, 0.05) is 18.9 Å². The van der Waals surface area contributed by atoms with Crippen LogP contribution in [0.4, 0.5) is 0 Å². The number of quaternary nitrogens is 1. The van der Waals surface area contributed by atoms with Gasteiger partial charge in [0.2, 0.25) is 5.78 Å². The Hall–Kier alpha value is -2.53. The first-order valence-electron chi connectivity index (χ1n) is 8.31. The van der Waals surface area contributed by atoms with Gasteiger partial charge in [-0.15, -0.1) is 0 Å². The van der Waals surface area contributed by atoms with Crippen LogP contribution < -0.4 is 9.64 Å². The van der Waals surface area contributed by atoms with Crippen molar-refractivity contribution in [3.8, 4) is 11.5 Å². The van der Waals surface area contributed by atoms with E-state index in [1.165, 1.54) is 17.7 Å². The number of likely N-dealkylation sites (tertiary alicyclic amines) is 1. The zero-order valence-corrected chi connectivity index (χ0v) is 13.6. The number of furan rings is 1. The van der Waals surface area contributed by atoms with Crippen molar-refractivity contribution in [2.75, 3.05) is 13.1 Å². The van der Waals surface area contributed by atoms with Gasteiger partial charge in [0.1, 0.15) is 23.8 Å². The average Bonchev–Trinajstić information content (AvgIpc) is 3.26. The van der Waals surface area contributed by atoms with Gasteiger partial charge >= 0.3 is 0 Å². The van der Waals surface area contributed by atoms with Gasteiger partial charge in [-0.05, 0) is 31.2 Å². The van der Waals surface area contributed by atoms with Crippen molar-refractivity contribution < 1.29 is 24.0 Å². The number of nitrogens with one attached hydrogen (secondary N) is 1. The number of allylic oxidation sites excluding steroid dienone is 1. The molecule has 2 aliphatic rings. The number of hydrogen-bond donors (Lipinski definition) is 2. The Balaban J connectivity index is 1.68. The molecule has 1 saturated heterocycles. The number of benzene rings is 1. The molecule has 124 valence electrons. The third kappa shape index (κ3) is 2.61. The summed E-state index contributed by atoms with van der Waals surface area (Å²) in [5.74, 6) is 2.12. The topological polar surface area (TPSA) is 64.1 Å². The molecule has 1 aromatic heterocycles. The second-order valence-corrected chi connectivity index (χ2v) is 6.46. The normalized spacial score (nSPS) is 19.0. The second-order valence-electron chi connectivity index (χ2n) is 6.46. The smallest absolute Gasteiger partial charge is 0.232 e. The fourth-order valence-electron chi connectivity index (χ4n) is 3.43. The van der Waals surface area contributed by atoms with E-state index < -0.39 is 0 Å². The van der Waals surface area contributed by atoms with Gasteiger partial charge in [0.25, 0.3) is 0 Å². The van der Waals surface area contributed by atoms with Crippen LogP contribution in [0.1, 0.15) is 40.3 Å². The standard InChI is InChI=1S/C19H19NO4/c1-12-4-5-13(23-12)10-17-18(22)14-6-7-16(21)15(19(14)24-17)11-20-8-2-3-9-20/h4-7,10,21H,2-3,8-9,11H2,1H3/p+1/b17-10+. The molecular formula is C19H20NO4+.